The van der Waals surface area contributed by atoms with Gasteiger partial charge < -0.3 is 10.1 Å². The summed E-state index contributed by atoms with van der Waals surface area (Å²) in [6, 6.07) is 12.5. The fourth-order valence-electron chi connectivity index (χ4n) is 1.89. The predicted molar refractivity (Wildman–Crippen MR) is 69.3 cm³/mol. The Bertz CT molecular complexity index is 479. The van der Waals surface area contributed by atoms with Crippen LogP contribution in [0.1, 0.15) is 13.8 Å². The van der Waals surface area contributed by atoms with E-state index in [1.807, 2.05) is 13.0 Å². The lowest BCUT2D eigenvalue weighted by molar-refractivity contribution is 0.342. The minimum Gasteiger partial charge on any atom is -0.492 e. The molecule has 1 N–H and O–H groups in total. The molecule has 0 unspecified atom stereocenters. The van der Waals surface area contributed by atoms with Gasteiger partial charge in [-0.3, -0.25) is 0 Å². The number of anilines is 1. The molecule has 2 aromatic rings. The van der Waals surface area contributed by atoms with Crippen LogP contribution < -0.4 is 10.1 Å². The van der Waals surface area contributed by atoms with Gasteiger partial charge in [-0.05, 0) is 25.3 Å². The van der Waals surface area contributed by atoms with Crippen LogP contribution in [-0.4, -0.2) is 13.2 Å². The molecular weight excluding hydrogens is 198 g/mol. The van der Waals surface area contributed by atoms with E-state index >= 15 is 0 Å². The van der Waals surface area contributed by atoms with Crippen LogP contribution in [0.4, 0.5) is 5.69 Å². The van der Waals surface area contributed by atoms with Crippen LogP contribution in [-0.2, 0) is 0 Å². The molecule has 0 saturated carbocycles. The maximum Gasteiger partial charge on any atom is 0.143 e. The molecule has 0 amide bonds. The van der Waals surface area contributed by atoms with Crippen molar-refractivity contribution in [1.82, 2.24) is 0 Å². The summed E-state index contributed by atoms with van der Waals surface area (Å²) in [7, 11) is 0. The summed E-state index contributed by atoms with van der Waals surface area (Å²) in [6.07, 6.45) is 0. The molecule has 0 atom stereocenters. The summed E-state index contributed by atoms with van der Waals surface area (Å²) in [4.78, 5) is 0. The Morgan fingerprint density at radius 1 is 1.06 bits per heavy atom. The van der Waals surface area contributed by atoms with Gasteiger partial charge in [0, 0.05) is 11.9 Å². The van der Waals surface area contributed by atoms with Crippen molar-refractivity contribution in [3.05, 3.63) is 36.4 Å². The topological polar surface area (TPSA) is 21.3 Å². The van der Waals surface area contributed by atoms with Gasteiger partial charge in [0.15, 0.2) is 0 Å². The molecule has 16 heavy (non-hydrogen) atoms. The van der Waals surface area contributed by atoms with Crippen molar-refractivity contribution in [2.75, 3.05) is 18.5 Å². The Hall–Kier alpha value is -1.70. The fourth-order valence-corrected chi connectivity index (χ4v) is 1.89. The highest BCUT2D eigenvalue weighted by Gasteiger charge is 2.06. The van der Waals surface area contributed by atoms with Crippen molar-refractivity contribution < 1.29 is 4.74 Å². The SMILES string of the molecule is CCNc1c(OCC)ccc2ccccc12. The average molecular weight is 215 g/mol. The maximum atomic E-state index is 5.64. The first-order chi connectivity index (χ1) is 7.86. The van der Waals surface area contributed by atoms with Crippen LogP contribution in [0, 0.1) is 0 Å². The molecule has 0 radical (unpaired) electrons. The number of fused-ring (bicyclic) bond motifs is 1. The Labute approximate surface area is 96.2 Å². The van der Waals surface area contributed by atoms with Crippen molar-refractivity contribution >= 4 is 16.5 Å². The molecule has 2 heteroatoms. The van der Waals surface area contributed by atoms with Gasteiger partial charge in [0.25, 0.3) is 0 Å². The van der Waals surface area contributed by atoms with Crippen molar-refractivity contribution in [2.45, 2.75) is 13.8 Å². The third kappa shape index (κ3) is 1.96. The molecule has 0 spiro atoms. The lowest BCUT2D eigenvalue weighted by atomic mass is 10.1. The van der Waals surface area contributed by atoms with Crippen molar-refractivity contribution in [3.63, 3.8) is 0 Å². The van der Waals surface area contributed by atoms with E-state index in [4.69, 9.17) is 4.74 Å². The normalized spacial score (nSPS) is 10.4. The highest BCUT2D eigenvalue weighted by atomic mass is 16.5. The second-order valence-electron chi connectivity index (χ2n) is 3.62. The highest BCUT2D eigenvalue weighted by Crippen LogP contribution is 2.33. The second kappa shape index (κ2) is 4.88. The Balaban J connectivity index is 2.58. The van der Waals surface area contributed by atoms with Gasteiger partial charge in [0.2, 0.25) is 0 Å². The molecule has 0 aliphatic carbocycles. The van der Waals surface area contributed by atoms with Crippen molar-refractivity contribution in [2.24, 2.45) is 0 Å². The van der Waals surface area contributed by atoms with E-state index in [9.17, 15) is 0 Å². The van der Waals surface area contributed by atoms with E-state index in [1.165, 1.54) is 10.8 Å². The van der Waals surface area contributed by atoms with E-state index in [-0.39, 0.29) is 0 Å². The van der Waals surface area contributed by atoms with E-state index in [2.05, 4.69) is 42.6 Å². The molecular formula is C14H17NO. The Morgan fingerprint density at radius 2 is 1.88 bits per heavy atom. The number of ether oxygens (including phenoxy) is 1. The first kappa shape index (κ1) is 10.8. The standard InChI is InChI=1S/C14H17NO/c1-3-15-14-12-8-6-5-7-11(12)9-10-13(14)16-4-2/h5-10,15H,3-4H2,1-2H3. The van der Waals surface area contributed by atoms with Gasteiger partial charge in [-0.25, -0.2) is 0 Å². The average Bonchev–Trinajstić information content (AvgIpc) is 2.32. The van der Waals surface area contributed by atoms with Crippen molar-refractivity contribution in [3.8, 4) is 5.75 Å². The number of hydrogen-bond acceptors (Lipinski definition) is 2. The Kier molecular flexibility index (Phi) is 3.30. The monoisotopic (exact) mass is 215 g/mol. The van der Waals surface area contributed by atoms with Gasteiger partial charge in [0.05, 0.1) is 12.3 Å². The van der Waals surface area contributed by atoms with Crippen molar-refractivity contribution in [1.29, 1.82) is 0 Å². The zero-order valence-electron chi connectivity index (χ0n) is 9.79. The van der Waals surface area contributed by atoms with Crippen LogP contribution >= 0.6 is 0 Å². The van der Waals surface area contributed by atoms with Crippen LogP contribution in [0.15, 0.2) is 36.4 Å². The minimum absolute atomic E-state index is 0.691. The number of hydrogen-bond donors (Lipinski definition) is 1. The van der Waals surface area contributed by atoms with E-state index in [0.717, 1.165) is 18.0 Å². The largest absolute Gasteiger partial charge is 0.492 e. The molecule has 0 fully saturated rings. The summed E-state index contributed by atoms with van der Waals surface area (Å²) in [5.41, 5.74) is 1.10. The van der Waals surface area contributed by atoms with Crippen LogP contribution in [0.5, 0.6) is 5.75 Å². The van der Waals surface area contributed by atoms with E-state index < -0.39 is 0 Å². The minimum atomic E-state index is 0.691. The summed E-state index contributed by atoms with van der Waals surface area (Å²) in [5.74, 6) is 0.933. The zero-order chi connectivity index (χ0) is 11.4. The van der Waals surface area contributed by atoms with E-state index in [1.54, 1.807) is 0 Å². The van der Waals surface area contributed by atoms with Gasteiger partial charge in [-0.2, -0.15) is 0 Å². The van der Waals surface area contributed by atoms with Crippen LogP contribution in [0.3, 0.4) is 0 Å². The third-order valence-electron chi connectivity index (χ3n) is 2.54. The molecule has 2 nitrogen and oxygen atoms in total. The molecule has 0 aromatic heterocycles. The number of nitrogens with one attached hydrogen (secondary N) is 1. The lowest BCUT2D eigenvalue weighted by Gasteiger charge is -2.14. The maximum absolute atomic E-state index is 5.64. The molecule has 0 aliphatic heterocycles. The van der Waals surface area contributed by atoms with Gasteiger partial charge in [0.1, 0.15) is 5.75 Å². The fraction of sp³-hybridized carbons (Fsp3) is 0.286. The third-order valence-corrected chi connectivity index (χ3v) is 2.54. The first-order valence-corrected chi connectivity index (χ1v) is 5.75. The number of rotatable bonds is 4. The van der Waals surface area contributed by atoms with Gasteiger partial charge in [-0.1, -0.05) is 30.3 Å². The van der Waals surface area contributed by atoms with Crippen LogP contribution in [0.2, 0.25) is 0 Å². The predicted octanol–water partition coefficient (Wildman–Crippen LogP) is 3.67. The van der Waals surface area contributed by atoms with Crippen LogP contribution in [0.25, 0.3) is 10.8 Å². The Morgan fingerprint density at radius 3 is 2.62 bits per heavy atom. The summed E-state index contributed by atoms with van der Waals surface area (Å²) in [5, 5.41) is 5.83. The summed E-state index contributed by atoms with van der Waals surface area (Å²) < 4.78 is 5.64. The molecule has 0 aliphatic rings. The number of benzene rings is 2. The lowest BCUT2D eigenvalue weighted by Crippen LogP contribution is -2.02. The summed E-state index contributed by atoms with van der Waals surface area (Å²) in [6.45, 7) is 5.69. The van der Waals surface area contributed by atoms with E-state index in [0.29, 0.717) is 6.61 Å². The molecule has 2 aromatic carbocycles. The molecule has 2 rings (SSSR count). The summed E-state index contributed by atoms with van der Waals surface area (Å²) >= 11 is 0. The second-order valence-corrected chi connectivity index (χ2v) is 3.62. The van der Waals surface area contributed by atoms with Gasteiger partial charge >= 0.3 is 0 Å². The molecule has 0 saturated heterocycles. The molecule has 0 bridgehead atoms. The zero-order valence-corrected chi connectivity index (χ0v) is 9.79. The van der Waals surface area contributed by atoms with Gasteiger partial charge in [-0.15, -0.1) is 0 Å². The molecule has 0 heterocycles. The highest BCUT2D eigenvalue weighted by molar-refractivity contribution is 5.96. The first-order valence-electron chi connectivity index (χ1n) is 5.75. The molecule has 84 valence electrons. The smallest absolute Gasteiger partial charge is 0.143 e. The quantitative estimate of drug-likeness (QED) is 0.840.